The first kappa shape index (κ1) is 12.7. The molecule has 0 atom stereocenters. The Labute approximate surface area is 99.1 Å². The Morgan fingerprint density at radius 2 is 2.31 bits per heavy atom. The molecule has 0 bridgehead atoms. The second-order valence-electron chi connectivity index (χ2n) is 3.60. The van der Waals surface area contributed by atoms with Crippen LogP contribution >= 0.6 is 11.6 Å². The van der Waals surface area contributed by atoms with E-state index in [4.69, 9.17) is 11.6 Å². The molecule has 0 saturated carbocycles. The van der Waals surface area contributed by atoms with Crippen LogP contribution in [0.25, 0.3) is 0 Å². The van der Waals surface area contributed by atoms with Gasteiger partial charge in [-0.1, -0.05) is 29.8 Å². The Kier molecular flexibility index (Phi) is 4.46. The number of nitro benzene ring substituents is 1. The van der Waals surface area contributed by atoms with Crippen molar-refractivity contribution in [3.05, 3.63) is 51.1 Å². The van der Waals surface area contributed by atoms with Crippen LogP contribution in [-0.4, -0.2) is 11.5 Å². The zero-order valence-corrected chi connectivity index (χ0v) is 9.75. The van der Waals surface area contributed by atoms with Gasteiger partial charge in [0.05, 0.1) is 4.92 Å². The van der Waals surface area contributed by atoms with Gasteiger partial charge in [-0.15, -0.1) is 0 Å². The second kappa shape index (κ2) is 5.63. The average Bonchev–Trinajstić information content (AvgIpc) is 2.19. The van der Waals surface area contributed by atoms with Crippen molar-refractivity contribution >= 4 is 17.3 Å². The molecule has 0 fully saturated rings. The first-order chi connectivity index (χ1) is 7.50. The summed E-state index contributed by atoms with van der Waals surface area (Å²) >= 11 is 5.70. The molecule has 0 spiro atoms. The molecule has 1 aromatic carbocycles. The third-order valence-electron chi connectivity index (χ3n) is 1.96. The van der Waals surface area contributed by atoms with Crippen LogP contribution in [0, 0.1) is 10.1 Å². The maximum Gasteiger partial charge on any atom is 0.288 e. The second-order valence-corrected chi connectivity index (χ2v) is 4.01. The van der Waals surface area contributed by atoms with Crippen LogP contribution in [0.3, 0.4) is 0 Å². The van der Waals surface area contributed by atoms with Gasteiger partial charge >= 0.3 is 0 Å². The molecule has 86 valence electrons. The van der Waals surface area contributed by atoms with Gasteiger partial charge in [-0.3, -0.25) is 10.1 Å². The summed E-state index contributed by atoms with van der Waals surface area (Å²) in [4.78, 5) is 10.2. The highest BCUT2D eigenvalue weighted by Crippen LogP contribution is 2.24. The molecule has 0 aliphatic rings. The van der Waals surface area contributed by atoms with Crippen molar-refractivity contribution in [2.24, 2.45) is 0 Å². The predicted octanol–water partition coefficient (Wildman–Crippen LogP) is 2.91. The first-order valence-corrected chi connectivity index (χ1v) is 5.16. The summed E-state index contributed by atoms with van der Waals surface area (Å²) in [6, 6.07) is 4.78. The normalized spacial score (nSPS) is 10.1. The van der Waals surface area contributed by atoms with Gasteiger partial charge in [-0.2, -0.15) is 0 Å². The van der Waals surface area contributed by atoms with Gasteiger partial charge in [-0.25, -0.2) is 0 Å². The molecule has 0 aliphatic heterocycles. The van der Waals surface area contributed by atoms with E-state index in [1.807, 2.05) is 6.92 Å². The van der Waals surface area contributed by atoms with Crippen molar-refractivity contribution < 1.29 is 4.92 Å². The van der Waals surface area contributed by atoms with Gasteiger partial charge in [0, 0.05) is 19.2 Å². The van der Waals surface area contributed by atoms with Gasteiger partial charge < -0.3 is 5.32 Å². The number of nitrogens with one attached hydrogen (secondary N) is 1. The van der Waals surface area contributed by atoms with Crippen molar-refractivity contribution in [1.82, 2.24) is 5.32 Å². The number of nitro groups is 1. The third-order valence-corrected chi connectivity index (χ3v) is 2.28. The van der Waals surface area contributed by atoms with Crippen LogP contribution in [0.1, 0.15) is 12.5 Å². The van der Waals surface area contributed by atoms with Crippen LogP contribution in [0.2, 0.25) is 5.02 Å². The van der Waals surface area contributed by atoms with E-state index in [-0.39, 0.29) is 10.7 Å². The highest BCUT2D eigenvalue weighted by atomic mass is 35.5. The summed E-state index contributed by atoms with van der Waals surface area (Å²) in [5, 5.41) is 13.9. The number of hydrogen-bond donors (Lipinski definition) is 1. The molecule has 1 rings (SSSR count). The SMILES string of the molecule is C=C(C)CNCc1ccc(Cl)c([N+](=O)[O-])c1. The highest BCUT2D eigenvalue weighted by molar-refractivity contribution is 6.32. The lowest BCUT2D eigenvalue weighted by Crippen LogP contribution is -2.15. The summed E-state index contributed by atoms with van der Waals surface area (Å²) in [6.07, 6.45) is 0. The fourth-order valence-corrected chi connectivity index (χ4v) is 1.41. The molecule has 0 unspecified atom stereocenters. The minimum atomic E-state index is -0.482. The van der Waals surface area contributed by atoms with Crippen LogP contribution in [-0.2, 0) is 6.54 Å². The summed E-state index contributed by atoms with van der Waals surface area (Å²) in [6.45, 7) is 6.92. The van der Waals surface area contributed by atoms with Crippen molar-refractivity contribution in [3.63, 3.8) is 0 Å². The molecule has 5 heteroatoms. The lowest BCUT2D eigenvalue weighted by Gasteiger charge is -2.04. The predicted molar refractivity (Wildman–Crippen MR) is 64.6 cm³/mol. The number of halogens is 1. The zero-order valence-electron chi connectivity index (χ0n) is 9.00. The standard InChI is InChI=1S/C11H13ClN2O2/c1-8(2)6-13-7-9-3-4-10(12)11(5-9)14(15)16/h3-5,13H,1,6-7H2,2H3. The fourth-order valence-electron chi connectivity index (χ4n) is 1.23. The van der Waals surface area contributed by atoms with E-state index < -0.39 is 4.92 Å². The lowest BCUT2D eigenvalue weighted by atomic mass is 10.2. The van der Waals surface area contributed by atoms with E-state index in [1.165, 1.54) is 12.1 Å². The summed E-state index contributed by atoms with van der Waals surface area (Å²) in [5.74, 6) is 0. The van der Waals surface area contributed by atoms with E-state index in [0.717, 1.165) is 11.1 Å². The Balaban J connectivity index is 2.71. The first-order valence-electron chi connectivity index (χ1n) is 4.78. The van der Waals surface area contributed by atoms with Crippen LogP contribution in [0.4, 0.5) is 5.69 Å². The molecular weight excluding hydrogens is 228 g/mol. The number of benzene rings is 1. The smallest absolute Gasteiger partial charge is 0.288 e. The van der Waals surface area contributed by atoms with E-state index in [1.54, 1.807) is 6.07 Å². The quantitative estimate of drug-likeness (QED) is 0.489. The summed E-state index contributed by atoms with van der Waals surface area (Å²) in [7, 11) is 0. The molecule has 16 heavy (non-hydrogen) atoms. The Hall–Kier alpha value is -1.39. The molecular formula is C11H13ClN2O2. The Morgan fingerprint density at radius 3 is 2.88 bits per heavy atom. The molecule has 0 radical (unpaired) electrons. The summed E-state index contributed by atoms with van der Waals surface area (Å²) < 4.78 is 0. The lowest BCUT2D eigenvalue weighted by molar-refractivity contribution is -0.384. The zero-order chi connectivity index (χ0) is 12.1. The fraction of sp³-hybridized carbons (Fsp3) is 0.273. The van der Waals surface area contributed by atoms with E-state index in [2.05, 4.69) is 11.9 Å². The summed E-state index contributed by atoms with van der Waals surface area (Å²) in [5.41, 5.74) is 1.79. The van der Waals surface area contributed by atoms with Crippen molar-refractivity contribution in [1.29, 1.82) is 0 Å². The van der Waals surface area contributed by atoms with Gasteiger partial charge in [0.1, 0.15) is 5.02 Å². The molecule has 0 saturated heterocycles. The van der Waals surface area contributed by atoms with Crippen LogP contribution < -0.4 is 5.32 Å². The van der Waals surface area contributed by atoms with Gasteiger partial charge in [0.25, 0.3) is 5.69 Å². The average molecular weight is 241 g/mol. The topological polar surface area (TPSA) is 55.2 Å². The van der Waals surface area contributed by atoms with Crippen molar-refractivity contribution in [3.8, 4) is 0 Å². The molecule has 0 amide bonds. The van der Waals surface area contributed by atoms with Gasteiger partial charge in [-0.05, 0) is 18.6 Å². The Bertz CT molecular complexity index is 418. The monoisotopic (exact) mass is 240 g/mol. The molecule has 0 aliphatic carbocycles. The molecule has 0 heterocycles. The largest absolute Gasteiger partial charge is 0.309 e. The minimum absolute atomic E-state index is 0.0590. The van der Waals surface area contributed by atoms with E-state index in [0.29, 0.717) is 13.1 Å². The third kappa shape index (κ3) is 3.64. The number of hydrogen-bond acceptors (Lipinski definition) is 3. The van der Waals surface area contributed by atoms with E-state index in [9.17, 15) is 10.1 Å². The number of nitrogens with zero attached hydrogens (tertiary/aromatic N) is 1. The number of rotatable bonds is 5. The van der Waals surface area contributed by atoms with Gasteiger partial charge in [0.15, 0.2) is 0 Å². The van der Waals surface area contributed by atoms with Crippen LogP contribution in [0.5, 0.6) is 0 Å². The van der Waals surface area contributed by atoms with Crippen molar-refractivity contribution in [2.75, 3.05) is 6.54 Å². The van der Waals surface area contributed by atoms with Crippen LogP contribution in [0.15, 0.2) is 30.4 Å². The van der Waals surface area contributed by atoms with E-state index >= 15 is 0 Å². The minimum Gasteiger partial charge on any atom is -0.309 e. The molecule has 1 N–H and O–H groups in total. The highest BCUT2D eigenvalue weighted by Gasteiger charge is 2.12. The Morgan fingerprint density at radius 1 is 1.62 bits per heavy atom. The molecule has 0 aromatic heterocycles. The maximum absolute atomic E-state index is 10.6. The molecule has 4 nitrogen and oxygen atoms in total. The van der Waals surface area contributed by atoms with Gasteiger partial charge in [0.2, 0.25) is 0 Å². The molecule has 1 aromatic rings. The maximum atomic E-state index is 10.6. The van der Waals surface area contributed by atoms with Crippen molar-refractivity contribution in [2.45, 2.75) is 13.5 Å².